The fourth-order valence-electron chi connectivity index (χ4n) is 7.28. The highest BCUT2D eigenvalue weighted by Crippen LogP contribution is 2.35. The third kappa shape index (κ3) is 9.21. The van der Waals surface area contributed by atoms with E-state index in [4.69, 9.17) is 0 Å². The third-order valence-electron chi connectivity index (χ3n) is 10.2. The molecule has 1 aromatic carbocycles. The molecule has 4 N–H and O–H groups in total. The lowest BCUT2D eigenvalue weighted by molar-refractivity contribution is -0.138. The average Bonchev–Trinajstić information content (AvgIpc) is 3.62. The lowest BCUT2D eigenvalue weighted by Gasteiger charge is -2.34. The number of imide groups is 1. The zero-order valence-electron chi connectivity index (χ0n) is 28.5. The minimum Gasteiger partial charge on any atom is -0.508 e. The molecule has 262 valence electrons. The summed E-state index contributed by atoms with van der Waals surface area (Å²) < 4.78 is 0. The summed E-state index contributed by atoms with van der Waals surface area (Å²) in [5, 5.41) is 19.2. The number of aromatic nitrogens is 1. The van der Waals surface area contributed by atoms with E-state index in [0.717, 1.165) is 95.2 Å². The van der Waals surface area contributed by atoms with Crippen molar-refractivity contribution in [3.05, 3.63) is 35.4 Å². The van der Waals surface area contributed by atoms with Gasteiger partial charge in [-0.05, 0) is 74.8 Å². The number of aromatic hydroxyl groups is 1. The highest BCUT2D eigenvalue weighted by Gasteiger charge is 2.31. The van der Waals surface area contributed by atoms with Gasteiger partial charge in [0.1, 0.15) is 5.75 Å². The van der Waals surface area contributed by atoms with Crippen LogP contribution in [0.1, 0.15) is 69.4 Å². The van der Waals surface area contributed by atoms with Crippen molar-refractivity contribution >= 4 is 46.3 Å². The molecule has 2 fully saturated rings. The molecule has 11 nitrogen and oxygen atoms in total. The number of H-pyrrole nitrogens is 1. The van der Waals surface area contributed by atoms with Crippen LogP contribution in [0.25, 0.3) is 10.9 Å². The van der Waals surface area contributed by atoms with Crippen LogP contribution in [0, 0.1) is 11.8 Å². The summed E-state index contributed by atoms with van der Waals surface area (Å²) in [6.45, 7) is 9.10. The molecule has 0 spiro atoms. The van der Waals surface area contributed by atoms with E-state index < -0.39 is 0 Å². The molecule has 1 aliphatic carbocycles. The number of amides is 4. The van der Waals surface area contributed by atoms with Gasteiger partial charge in [0, 0.05) is 94.3 Å². The molecule has 5 rings (SSSR count). The van der Waals surface area contributed by atoms with E-state index in [-0.39, 0.29) is 35.5 Å². The summed E-state index contributed by atoms with van der Waals surface area (Å²) in [4.78, 5) is 58.2. The summed E-state index contributed by atoms with van der Waals surface area (Å²) >= 11 is 1.72. The Balaban J connectivity index is 0.890. The molecule has 0 radical (unpaired) electrons. The van der Waals surface area contributed by atoms with Crippen LogP contribution in [0.3, 0.4) is 0 Å². The second kappa shape index (κ2) is 17.3. The molecule has 1 aromatic heterocycles. The Morgan fingerprint density at radius 2 is 1.62 bits per heavy atom. The molecule has 0 unspecified atom stereocenters. The fraction of sp³-hybridized carbons (Fsp3) is 0.611. The zero-order chi connectivity index (χ0) is 34.0. The second-order valence-corrected chi connectivity index (χ2v) is 14.2. The lowest BCUT2D eigenvalue weighted by atomic mass is 9.81. The third-order valence-corrected chi connectivity index (χ3v) is 11.0. The maximum absolute atomic E-state index is 12.6. The number of aryl methyl sites for hydroxylation is 1. The van der Waals surface area contributed by atoms with Crippen LogP contribution >= 0.6 is 11.8 Å². The second-order valence-electron chi connectivity index (χ2n) is 13.4. The Labute approximate surface area is 288 Å². The van der Waals surface area contributed by atoms with Crippen LogP contribution in [-0.2, 0) is 32.1 Å². The molecule has 3 aliphatic rings. The summed E-state index contributed by atoms with van der Waals surface area (Å²) in [5.74, 6) is 0.293. The Hall–Kier alpha value is -3.35. The van der Waals surface area contributed by atoms with Gasteiger partial charge in [0.25, 0.3) is 11.8 Å². The topological polar surface area (TPSA) is 138 Å². The molecular weight excluding hydrogens is 629 g/mol. The number of benzene rings is 1. The number of carbonyl (C=O) groups excluding carboxylic acids is 4. The first-order chi connectivity index (χ1) is 23.3. The van der Waals surface area contributed by atoms with E-state index >= 15 is 0 Å². The number of thioether (sulfide) groups is 1. The van der Waals surface area contributed by atoms with E-state index in [2.05, 4.69) is 38.6 Å². The van der Waals surface area contributed by atoms with Gasteiger partial charge in [-0.25, -0.2) is 0 Å². The summed E-state index contributed by atoms with van der Waals surface area (Å²) in [6, 6.07) is 3.85. The van der Waals surface area contributed by atoms with Crippen molar-refractivity contribution < 1.29 is 24.3 Å². The van der Waals surface area contributed by atoms with E-state index in [1.807, 2.05) is 12.1 Å². The Kier molecular flexibility index (Phi) is 13.0. The number of fused-ring (bicyclic) bond motifs is 1. The molecule has 1 saturated heterocycles. The maximum Gasteiger partial charge on any atom is 0.253 e. The number of nitrogens with one attached hydrogen (secondary N) is 3. The number of unbranched alkanes of at least 4 members (excludes halogenated alkanes) is 2. The lowest BCUT2D eigenvalue weighted by Crippen LogP contribution is -2.48. The quantitative estimate of drug-likeness (QED) is 0.119. The van der Waals surface area contributed by atoms with Crippen molar-refractivity contribution in [3.63, 3.8) is 0 Å². The Bertz CT molecular complexity index is 1460. The standard InChI is InChI=1S/C36H52N6O5S/c1-3-27-28-12-13-30(43)29(34(28)39-36(27)48-2)24-41-21-19-40(20-22-41)18-17-37-31(44)7-5-4-6-16-38-35(47)26-10-8-25(9-11-26)23-42-32(45)14-15-33(42)46/h12-15,25-26,39,43H,3-11,16-24H2,1-2H3,(H,37,44)(H,38,47). The van der Waals surface area contributed by atoms with Crippen LogP contribution in [0.15, 0.2) is 29.3 Å². The van der Waals surface area contributed by atoms with E-state index in [9.17, 15) is 24.3 Å². The SMILES string of the molecule is CCc1c(SC)[nH]c2c(CN3CCN(CCNC(=O)CCCCCNC(=O)C4CCC(CN5C(=O)C=CC5=O)CC4)CC3)c(O)ccc12. The smallest absolute Gasteiger partial charge is 0.253 e. The monoisotopic (exact) mass is 680 g/mol. The van der Waals surface area contributed by atoms with Gasteiger partial charge in [-0.1, -0.05) is 13.3 Å². The summed E-state index contributed by atoms with van der Waals surface area (Å²) in [5.41, 5.74) is 3.33. The van der Waals surface area contributed by atoms with Crippen molar-refractivity contribution in [2.45, 2.75) is 76.3 Å². The van der Waals surface area contributed by atoms with E-state index in [1.54, 1.807) is 11.8 Å². The molecule has 2 aliphatic heterocycles. The number of rotatable bonds is 16. The molecule has 12 heteroatoms. The number of nitrogens with zero attached hydrogens (tertiary/aromatic N) is 3. The first-order valence-corrected chi connectivity index (χ1v) is 18.9. The van der Waals surface area contributed by atoms with E-state index in [1.165, 1.54) is 33.0 Å². The number of aromatic amines is 1. The molecule has 4 amide bonds. The van der Waals surface area contributed by atoms with Crippen molar-refractivity contribution in [1.82, 2.24) is 30.3 Å². The number of piperazine rings is 1. The minimum absolute atomic E-state index is 0.00623. The van der Waals surface area contributed by atoms with Gasteiger partial charge in [-0.2, -0.15) is 0 Å². The highest BCUT2D eigenvalue weighted by molar-refractivity contribution is 7.98. The molecule has 0 atom stereocenters. The number of hydrogen-bond donors (Lipinski definition) is 4. The first-order valence-electron chi connectivity index (χ1n) is 17.7. The molecular formula is C36H52N6O5S. The van der Waals surface area contributed by atoms with Gasteiger partial charge in [0.05, 0.1) is 10.5 Å². The van der Waals surface area contributed by atoms with Crippen molar-refractivity contribution in [1.29, 1.82) is 0 Å². The van der Waals surface area contributed by atoms with Crippen LogP contribution < -0.4 is 10.6 Å². The largest absolute Gasteiger partial charge is 0.508 e. The molecule has 2 aromatic rings. The molecule has 48 heavy (non-hydrogen) atoms. The van der Waals surface area contributed by atoms with Gasteiger partial charge in [-0.15, -0.1) is 11.8 Å². The van der Waals surface area contributed by atoms with Crippen LogP contribution in [0.5, 0.6) is 5.75 Å². The van der Waals surface area contributed by atoms with Crippen LogP contribution in [0.2, 0.25) is 0 Å². The van der Waals surface area contributed by atoms with Crippen LogP contribution in [-0.4, -0.2) is 107 Å². The normalized spacial score (nSPS) is 20.6. The van der Waals surface area contributed by atoms with Crippen molar-refractivity contribution in [2.75, 3.05) is 58.6 Å². The van der Waals surface area contributed by atoms with Crippen LogP contribution in [0.4, 0.5) is 0 Å². The van der Waals surface area contributed by atoms with E-state index in [0.29, 0.717) is 38.3 Å². The Morgan fingerprint density at radius 1 is 0.917 bits per heavy atom. The highest BCUT2D eigenvalue weighted by atomic mass is 32.2. The van der Waals surface area contributed by atoms with Gasteiger partial charge in [0.2, 0.25) is 11.8 Å². The van der Waals surface area contributed by atoms with Gasteiger partial charge in [0.15, 0.2) is 0 Å². The number of phenolic OH excluding ortho intramolecular Hbond substituents is 1. The fourth-order valence-corrected chi connectivity index (χ4v) is 7.99. The zero-order valence-corrected chi connectivity index (χ0v) is 29.3. The minimum atomic E-state index is -0.237. The molecule has 3 heterocycles. The Morgan fingerprint density at radius 3 is 2.31 bits per heavy atom. The van der Waals surface area contributed by atoms with Crippen molar-refractivity contribution in [3.8, 4) is 5.75 Å². The predicted octanol–water partition coefficient (Wildman–Crippen LogP) is 3.80. The first kappa shape index (κ1) is 35.9. The molecule has 1 saturated carbocycles. The predicted molar refractivity (Wildman–Crippen MR) is 189 cm³/mol. The maximum atomic E-state index is 12.6. The number of hydrogen-bond acceptors (Lipinski definition) is 8. The summed E-state index contributed by atoms with van der Waals surface area (Å²) in [6.07, 6.45) is 12.0. The van der Waals surface area contributed by atoms with Gasteiger partial charge in [-0.3, -0.25) is 33.9 Å². The van der Waals surface area contributed by atoms with Crippen molar-refractivity contribution in [2.24, 2.45) is 11.8 Å². The van der Waals surface area contributed by atoms with Gasteiger partial charge >= 0.3 is 0 Å². The number of phenols is 1. The average molecular weight is 681 g/mol. The molecule has 0 bridgehead atoms. The number of carbonyl (C=O) groups is 4. The summed E-state index contributed by atoms with van der Waals surface area (Å²) in [7, 11) is 0. The van der Waals surface area contributed by atoms with Gasteiger partial charge < -0.3 is 20.7 Å².